The third-order valence-corrected chi connectivity index (χ3v) is 10.6. The number of anilines is 1. The number of hydrogen-bond acceptors (Lipinski definition) is 5. The second-order valence-electron chi connectivity index (χ2n) is 8.78. The highest BCUT2D eigenvalue weighted by atomic mass is 79.9. The molecule has 0 unspecified atom stereocenters. The van der Waals surface area contributed by atoms with Crippen LogP contribution in [0.2, 0.25) is 0 Å². The molecule has 3 aromatic carbocycles. The molecular weight excluding hydrogens is 531 g/mol. The summed E-state index contributed by atoms with van der Waals surface area (Å²) in [6.07, 6.45) is 4.85. The molecule has 1 heterocycles. The number of nitrogens with zero attached hydrogens (tertiary/aromatic N) is 4. The van der Waals surface area contributed by atoms with Crippen LogP contribution >= 0.6 is 7.26 Å². The fourth-order valence-electron chi connectivity index (χ4n) is 4.40. The van der Waals surface area contributed by atoms with E-state index in [2.05, 4.69) is 106 Å². The van der Waals surface area contributed by atoms with Gasteiger partial charge in [-0.2, -0.15) is 4.98 Å². The van der Waals surface area contributed by atoms with Crippen molar-refractivity contribution in [1.29, 1.82) is 0 Å². The van der Waals surface area contributed by atoms with Crippen molar-refractivity contribution in [3.8, 4) is 0 Å². The van der Waals surface area contributed by atoms with Crippen LogP contribution in [0.4, 0.5) is 5.95 Å². The van der Waals surface area contributed by atoms with Crippen LogP contribution in [0.3, 0.4) is 0 Å². The number of halogens is 1. The van der Waals surface area contributed by atoms with E-state index < -0.39 is 7.26 Å². The molecule has 0 aliphatic carbocycles. The van der Waals surface area contributed by atoms with Crippen molar-refractivity contribution < 1.29 is 21.8 Å². The van der Waals surface area contributed by atoms with Crippen LogP contribution in [0.25, 0.3) is 0 Å². The summed E-state index contributed by atoms with van der Waals surface area (Å²) in [7, 11) is 1.84. The van der Waals surface area contributed by atoms with E-state index in [0.29, 0.717) is 31.0 Å². The molecule has 0 spiro atoms. The number of Topliss-reactive ketones (excluding diaryl/α,β-unsaturated/α-hetero) is 1. The van der Waals surface area contributed by atoms with Gasteiger partial charge in [-0.1, -0.05) is 54.6 Å². The zero-order valence-electron chi connectivity index (χ0n) is 20.8. The average Bonchev–Trinajstić information content (AvgIpc) is 2.91. The molecule has 0 saturated heterocycles. The van der Waals surface area contributed by atoms with Gasteiger partial charge < -0.3 is 21.9 Å². The number of aromatic nitrogens is 3. The Morgan fingerprint density at radius 3 is 1.72 bits per heavy atom. The Kier molecular flexibility index (Phi) is 10.3. The first-order valence-electron chi connectivity index (χ1n) is 12.0. The van der Waals surface area contributed by atoms with Gasteiger partial charge in [-0.25, -0.2) is 9.97 Å². The van der Waals surface area contributed by atoms with Crippen molar-refractivity contribution in [3.05, 3.63) is 103 Å². The second kappa shape index (κ2) is 13.4. The summed E-state index contributed by atoms with van der Waals surface area (Å²) >= 11 is 0. The lowest BCUT2D eigenvalue weighted by Gasteiger charge is -2.27. The third-order valence-electron chi connectivity index (χ3n) is 6.18. The molecule has 0 radical (unpaired) electrons. The molecule has 1 aromatic heterocycles. The zero-order chi connectivity index (χ0) is 24.5. The van der Waals surface area contributed by atoms with Crippen molar-refractivity contribution >= 4 is 34.9 Å². The van der Waals surface area contributed by atoms with Gasteiger partial charge in [-0.15, -0.1) is 0 Å². The Morgan fingerprint density at radius 2 is 1.25 bits per heavy atom. The van der Waals surface area contributed by atoms with Crippen LogP contribution in [0.5, 0.6) is 0 Å². The fraction of sp³-hybridized carbons (Fsp3) is 0.241. The lowest BCUT2D eigenvalue weighted by molar-refractivity contribution is -0.118. The maximum Gasteiger partial charge on any atom is 0.228 e. The highest BCUT2D eigenvalue weighted by Crippen LogP contribution is 2.55. The minimum Gasteiger partial charge on any atom is -1.00 e. The highest BCUT2D eigenvalue weighted by molar-refractivity contribution is 7.95. The van der Waals surface area contributed by atoms with Gasteiger partial charge in [0, 0.05) is 33.4 Å². The molecule has 0 atom stereocenters. The van der Waals surface area contributed by atoms with Gasteiger partial charge in [-0.05, 0) is 42.8 Å². The zero-order valence-corrected chi connectivity index (χ0v) is 23.3. The Hall–Kier alpha value is -2.95. The van der Waals surface area contributed by atoms with E-state index in [1.807, 2.05) is 19.0 Å². The Bertz CT molecular complexity index is 1130. The molecule has 5 nitrogen and oxygen atoms in total. The van der Waals surface area contributed by atoms with E-state index in [0.717, 1.165) is 18.4 Å². The molecule has 36 heavy (non-hydrogen) atoms. The number of carbonyl (C=O) groups is 1. The summed E-state index contributed by atoms with van der Waals surface area (Å²) in [5.74, 6) is 1.67. The molecule has 0 amide bonds. The van der Waals surface area contributed by atoms with Crippen LogP contribution in [0.15, 0.2) is 97.3 Å². The van der Waals surface area contributed by atoms with Gasteiger partial charge in [-0.3, -0.25) is 4.79 Å². The average molecular weight is 563 g/mol. The Balaban J connectivity index is 0.00000361. The highest BCUT2D eigenvalue weighted by Gasteiger charge is 2.45. The molecule has 4 rings (SSSR count). The van der Waals surface area contributed by atoms with Gasteiger partial charge in [0.25, 0.3) is 0 Å². The summed E-state index contributed by atoms with van der Waals surface area (Å²) in [6, 6.07) is 32.1. The quantitative estimate of drug-likeness (QED) is 0.257. The second-order valence-corrected chi connectivity index (χ2v) is 12.4. The van der Waals surface area contributed by atoms with E-state index in [1.54, 1.807) is 0 Å². The van der Waals surface area contributed by atoms with Gasteiger partial charge in [0.15, 0.2) is 0 Å². The van der Waals surface area contributed by atoms with Gasteiger partial charge >= 0.3 is 0 Å². The first kappa shape index (κ1) is 27.6. The Labute approximate surface area is 225 Å². The topological polar surface area (TPSA) is 59.0 Å². The van der Waals surface area contributed by atoms with E-state index >= 15 is 0 Å². The van der Waals surface area contributed by atoms with Crippen molar-refractivity contribution in [2.75, 3.05) is 25.2 Å². The van der Waals surface area contributed by atoms with Crippen molar-refractivity contribution in [3.63, 3.8) is 0 Å². The molecule has 0 fully saturated rings. The lowest BCUT2D eigenvalue weighted by Crippen LogP contribution is -3.00. The van der Waals surface area contributed by atoms with Crippen LogP contribution in [0.1, 0.15) is 25.1 Å². The van der Waals surface area contributed by atoms with Crippen LogP contribution < -0.4 is 37.8 Å². The third kappa shape index (κ3) is 6.63. The van der Waals surface area contributed by atoms with Crippen molar-refractivity contribution in [2.24, 2.45) is 0 Å². The predicted molar refractivity (Wildman–Crippen MR) is 147 cm³/mol. The van der Waals surface area contributed by atoms with E-state index in [-0.39, 0.29) is 17.0 Å². The maximum absolute atomic E-state index is 13.1. The summed E-state index contributed by atoms with van der Waals surface area (Å²) in [6.45, 7) is 0. The van der Waals surface area contributed by atoms with Gasteiger partial charge in [0.1, 0.15) is 41.1 Å². The lowest BCUT2D eigenvalue weighted by atomic mass is 10.1. The van der Waals surface area contributed by atoms with Crippen LogP contribution in [-0.4, -0.2) is 41.0 Å². The van der Waals surface area contributed by atoms with Gasteiger partial charge in [0.2, 0.25) is 5.95 Å². The van der Waals surface area contributed by atoms with Gasteiger partial charge in [0.05, 0.1) is 6.16 Å². The standard InChI is InChI=1S/C29H32N4OP.BrH/c1-33(2)29-31-23-30-28(32-29)20-12-13-24(34)21-22-35(25-14-6-3-7-15-25,26-16-8-4-9-17-26)27-18-10-5-11-19-27;/h3-11,14-19,23H,12-13,20-22H2,1-2H3;1H/q+1;/p-1. The van der Waals surface area contributed by atoms with Crippen molar-refractivity contribution in [2.45, 2.75) is 25.7 Å². The maximum atomic E-state index is 13.1. The normalized spacial score (nSPS) is 10.9. The summed E-state index contributed by atoms with van der Waals surface area (Å²) in [5.41, 5.74) is 0. The number of aryl methyl sites for hydroxylation is 1. The van der Waals surface area contributed by atoms with Crippen LogP contribution in [-0.2, 0) is 11.2 Å². The number of ketones is 1. The summed E-state index contributed by atoms with van der Waals surface area (Å²) in [4.78, 5) is 27.9. The predicted octanol–water partition coefficient (Wildman–Crippen LogP) is 1.22. The first-order valence-corrected chi connectivity index (χ1v) is 14.0. The van der Waals surface area contributed by atoms with Crippen molar-refractivity contribution in [1.82, 2.24) is 15.0 Å². The fourth-order valence-corrected chi connectivity index (χ4v) is 8.70. The van der Waals surface area contributed by atoms with E-state index in [4.69, 9.17) is 0 Å². The molecule has 4 aromatic rings. The van der Waals surface area contributed by atoms with Crippen LogP contribution in [0, 0.1) is 0 Å². The number of carbonyl (C=O) groups excluding carboxylic acids is 1. The molecule has 0 N–H and O–H groups in total. The molecule has 186 valence electrons. The first-order chi connectivity index (χ1) is 17.1. The minimum absolute atomic E-state index is 0. The molecule has 0 bridgehead atoms. The summed E-state index contributed by atoms with van der Waals surface area (Å²) in [5, 5.41) is 3.94. The number of rotatable bonds is 11. The smallest absolute Gasteiger partial charge is 0.228 e. The number of benzene rings is 3. The molecular formula is C29H32BrN4OP. The SMILES string of the molecule is CN(C)c1ncnc(CCCC(=O)CC[P+](c2ccccc2)(c2ccccc2)c2ccccc2)n1.[Br-]. The largest absolute Gasteiger partial charge is 1.00 e. The minimum atomic E-state index is -1.97. The molecule has 7 heteroatoms. The van der Waals surface area contributed by atoms with E-state index in [1.165, 1.54) is 22.2 Å². The monoisotopic (exact) mass is 562 g/mol. The molecule has 0 aliphatic rings. The van der Waals surface area contributed by atoms with E-state index in [9.17, 15) is 4.79 Å². The number of hydrogen-bond donors (Lipinski definition) is 0. The Morgan fingerprint density at radius 1 is 0.750 bits per heavy atom. The molecule has 0 saturated carbocycles. The summed E-state index contributed by atoms with van der Waals surface area (Å²) < 4.78 is 0. The molecule has 0 aliphatic heterocycles.